The van der Waals surface area contributed by atoms with E-state index >= 15 is 0 Å². The molecule has 1 aromatic heterocycles. The first-order chi connectivity index (χ1) is 14.0. The van der Waals surface area contributed by atoms with Crippen LogP contribution in [-0.2, 0) is 6.54 Å². The molecule has 29 heavy (non-hydrogen) atoms. The normalized spacial score (nSPS) is 14.4. The highest BCUT2D eigenvalue weighted by Gasteiger charge is 2.23. The fraction of sp³-hybridized carbons (Fsp3) is 0.348. The molecule has 0 amide bonds. The predicted octanol–water partition coefficient (Wildman–Crippen LogP) is 2.67. The van der Waals surface area contributed by atoms with Gasteiger partial charge in [0.25, 0.3) is 0 Å². The second-order valence-corrected chi connectivity index (χ2v) is 7.53. The molecule has 2 heterocycles. The van der Waals surface area contributed by atoms with Crippen LogP contribution < -0.4 is 20.0 Å². The van der Waals surface area contributed by atoms with Gasteiger partial charge in [0, 0.05) is 18.2 Å². The molecule has 0 aliphatic carbocycles. The Hall–Kier alpha value is -2.99. The highest BCUT2D eigenvalue weighted by atomic mass is 16.5. The number of nitrogens with one attached hydrogen (secondary N) is 1. The van der Waals surface area contributed by atoms with Crippen molar-refractivity contribution in [1.29, 1.82) is 0 Å². The zero-order valence-electron chi connectivity index (χ0n) is 17.0. The number of aromatic hydroxyl groups is 1. The van der Waals surface area contributed by atoms with Crippen LogP contribution in [0.1, 0.15) is 24.0 Å². The molecule has 6 nitrogen and oxygen atoms in total. The van der Waals surface area contributed by atoms with Crippen molar-refractivity contribution in [2.75, 3.05) is 27.3 Å². The van der Waals surface area contributed by atoms with Gasteiger partial charge in [-0.3, -0.25) is 0 Å². The molecule has 0 unspecified atom stereocenters. The maximum atomic E-state index is 13.0. The number of ether oxygens (including phenoxy) is 2. The lowest BCUT2D eigenvalue weighted by molar-refractivity contribution is -0.901. The lowest BCUT2D eigenvalue weighted by Crippen LogP contribution is -3.08. The number of methoxy groups -OCH3 is 2. The van der Waals surface area contributed by atoms with Crippen molar-refractivity contribution >= 4 is 11.0 Å². The molecule has 6 heteroatoms. The zero-order valence-corrected chi connectivity index (χ0v) is 17.0. The Morgan fingerprint density at radius 3 is 2.48 bits per heavy atom. The van der Waals surface area contributed by atoms with Crippen LogP contribution in [0.15, 0.2) is 39.5 Å². The van der Waals surface area contributed by atoms with E-state index in [0.29, 0.717) is 40.3 Å². The van der Waals surface area contributed by atoms with Crippen molar-refractivity contribution < 1.29 is 23.9 Å². The van der Waals surface area contributed by atoms with E-state index in [1.165, 1.54) is 17.7 Å². The van der Waals surface area contributed by atoms with E-state index in [1.807, 2.05) is 19.1 Å². The fourth-order valence-corrected chi connectivity index (χ4v) is 4.26. The zero-order chi connectivity index (χ0) is 20.5. The van der Waals surface area contributed by atoms with Crippen LogP contribution in [-0.4, -0.2) is 32.4 Å². The van der Waals surface area contributed by atoms with Gasteiger partial charge in [-0.1, -0.05) is 6.07 Å². The van der Waals surface area contributed by atoms with Crippen LogP contribution in [0, 0.1) is 6.92 Å². The van der Waals surface area contributed by atoms with Crippen LogP contribution in [0.5, 0.6) is 17.2 Å². The highest BCUT2D eigenvalue weighted by Crippen LogP contribution is 2.35. The summed E-state index contributed by atoms with van der Waals surface area (Å²) in [5.41, 5.74) is 2.78. The van der Waals surface area contributed by atoms with Crippen LogP contribution in [0.4, 0.5) is 0 Å². The van der Waals surface area contributed by atoms with Crippen LogP contribution >= 0.6 is 0 Å². The van der Waals surface area contributed by atoms with E-state index in [-0.39, 0.29) is 5.75 Å². The maximum absolute atomic E-state index is 13.0. The Kier molecular flexibility index (Phi) is 5.20. The van der Waals surface area contributed by atoms with E-state index in [2.05, 4.69) is 0 Å². The molecule has 0 saturated carbocycles. The summed E-state index contributed by atoms with van der Waals surface area (Å²) in [7, 11) is 3.14. The molecule has 0 bridgehead atoms. The number of rotatable bonds is 5. The Labute approximate surface area is 169 Å². The van der Waals surface area contributed by atoms with Gasteiger partial charge in [-0.05, 0) is 42.3 Å². The average Bonchev–Trinajstić information content (AvgIpc) is 3.23. The summed E-state index contributed by atoms with van der Waals surface area (Å²) >= 11 is 0. The van der Waals surface area contributed by atoms with Crippen LogP contribution in [0.3, 0.4) is 0 Å². The summed E-state index contributed by atoms with van der Waals surface area (Å²) in [6, 6.07) is 8.88. The number of hydrogen-bond acceptors (Lipinski definition) is 5. The topological polar surface area (TPSA) is 73.3 Å². The monoisotopic (exact) mass is 396 g/mol. The molecule has 0 spiro atoms. The van der Waals surface area contributed by atoms with Crippen molar-refractivity contribution in [3.05, 3.63) is 51.9 Å². The quantitative estimate of drug-likeness (QED) is 0.649. The summed E-state index contributed by atoms with van der Waals surface area (Å²) in [5, 5.41) is 11.3. The maximum Gasteiger partial charge on any atom is 0.344 e. The third-order valence-corrected chi connectivity index (χ3v) is 5.82. The third-order valence-electron chi connectivity index (χ3n) is 5.82. The molecule has 2 aromatic carbocycles. The Morgan fingerprint density at radius 1 is 1.07 bits per heavy atom. The molecular formula is C23H26NO5+. The number of benzene rings is 2. The summed E-state index contributed by atoms with van der Waals surface area (Å²) < 4.78 is 16.5. The van der Waals surface area contributed by atoms with Crippen molar-refractivity contribution in [2.45, 2.75) is 26.3 Å². The first-order valence-electron chi connectivity index (χ1n) is 9.87. The van der Waals surface area contributed by atoms with Gasteiger partial charge in [0.2, 0.25) is 0 Å². The molecule has 152 valence electrons. The smallest absolute Gasteiger partial charge is 0.344 e. The highest BCUT2D eigenvalue weighted by molar-refractivity contribution is 5.90. The van der Waals surface area contributed by atoms with Gasteiger partial charge in [-0.25, -0.2) is 4.79 Å². The standard InChI is InChI=1S/C23H25NO5/c1-14-16-7-8-18(25)17(13-24-10-4-5-11-24)22(16)29-23(26)21(14)15-6-9-19(27-2)20(12-15)28-3/h6-9,12,25H,4-5,10-11,13H2,1-3H3/p+1. The fourth-order valence-electron chi connectivity index (χ4n) is 4.26. The van der Waals surface area contributed by atoms with Gasteiger partial charge in [0.05, 0.1) is 38.4 Å². The van der Waals surface area contributed by atoms with Crippen LogP contribution in [0.25, 0.3) is 22.1 Å². The van der Waals surface area contributed by atoms with Gasteiger partial charge in [-0.15, -0.1) is 0 Å². The lowest BCUT2D eigenvalue weighted by Gasteiger charge is -2.16. The number of aryl methyl sites for hydroxylation is 1. The molecule has 1 aliphatic heterocycles. The summed E-state index contributed by atoms with van der Waals surface area (Å²) in [5.74, 6) is 1.33. The SMILES string of the molecule is COc1ccc(-c2c(C)c3ccc(O)c(C[NH+]4CCCC4)c3oc2=O)cc1OC. The molecule has 0 radical (unpaired) electrons. The molecule has 4 rings (SSSR count). The van der Waals surface area contributed by atoms with E-state index in [1.54, 1.807) is 32.4 Å². The summed E-state index contributed by atoms with van der Waals surface area (Å²) in [6.07, 6.45) is 2.38. The number of phenolic OH excluding ortho intramolecular Hbond substituents is 1. The number of phenols is 1. The second-order valence-electron chi connectivity index (χ2n) is 7.53. The minimum absolute atomic E-state index is 0.179. The van der Waals surface area contributed by atoms with Gasteiger partial charge >= 0.3 is 5.63 Å². The van der Waals surface area contributed by atoms with Crippen molar-refractivity contribution in [2.24, 2.45) is 0 Å². The minimum Gasteiger partial charge on any atom is -0.507 e. The largest absolute Gasteiger partial charge is 0.507 e. The average molecular weight is 396 g/mol. The van der Waals surface area contributed by atoms with Gasteiger partial charge < -0.3 is 23.9 Å². The summed E-state index contributed by atoms with van der Waals surface area (Å²) in [4.78, 5) is 14.4. The first-order valence-corrected chi connectivity index (χ1v) is 9.87. The molecule has 1 aliphatic rings. The van der Waals surface area contributed by atoms with Gasteiger partial charge in [0.15, 0.2) is 17.1 Å². The molecule has 3 aromatic rings. The number of quaternary nitrogens is 1. The number of fused-ring (bicyclic) bond motifs is 1. The molecule has 2 N–H and O–H groups in total. The van der Waals surface area contributed by atoms with E-state index in [0.717, 1.165) is 24.0 Å². The Morgan fingerprint density at radius 2 is 1.79 bits per heavy atom. The van der Waals surface area contributed by atoms with E-state index in [9.17, 15) is 9.90 Å². The minimum atomic E-state index is -0.425. The van der Waals surface area contributed by atoms with Crippen molar-refractivity contribution in [3.63, 3.8) is 0 Å². The molecular weight excluding hydrogens is 370 g/mol. The second kappa shape index (κ2) is 7.79. The van der Waals surface area contributed by atoms with E-state index < -0.39 is 5.63 Å². The van der Waals surface area contributed by atoms with Crippen molar-refractivity contribution in [1.82, 2.24) is 0 Å². The lowest BCUT2D eigenvalue weighted by atomic mass is 9.97. The van der Waals surface area contributed by atoms with Gasteiger partial charge in [0.1, 0.15) is 12.3 Å². The first kappa shape index (κ1) is 19.3. The molecule has 1 fully saturated rings. The van der Waals surface area contributed by atoms with Crippen molar-refractivity contribution in [3.8, 4) is 28.4 Å². The predicted molar refractivity (Wildman–Crippen MR) is 111 cm³/mol. The number of likely N-dealkylation sites (tertiary alicyclic amines) is 1. The summed E-state index contributed by atoms with van der Waals surface area (Å²) in [6.45, 7) is 4.71. The Balaban J connectivity index is 1.88. The van der Waals surface area contributed by atoms with E-state index in [4.69, 9.17) is 13.9 Å². The molecule has 1 saturated heterocycles. The third kappa shape index (κ3) is 3.44. The number of hydrogen-bond donors (Lipinski definition) is 2. The molecule has 0 atom stereocenters. The Bertz CT molecular complexity index is 1110. The van der Waals surface area contributed by atoms with Crippen LogP contribution in [0.2, 0.25) is 0 Å². The van der Waals surface area contributed by atoms with Gasteiger partial charge in [-0.2, -0.15) is 0 Å².